The molecule has 1 aromatic heterocycles. The fourth-order valence-corrected chi connectivity index (χ4v) is 2.47. The predicted octanol–water partition coefficient (Wildman–Crippen LogP) is 1.30. The smallest absolute Gasteiger partial charge is 0.236 e. The van der Waals surface area contributed by atoms with Gasteiger partial charge in [0.05, 0.1) is 5.25 Å². The van der Waals surface area contributed by atoms with Gasteiger partial charge in [-0.3, -0.25) is 9.36 Å². The van der Waals surface area contributed by atoms with E-state index in [1.807, 2.05) is 20.8 Å². The van der Waals surface area contributed by atoms with Crippen molar-refractivity contribution in [3.8, 4) is 0 Å². The minimum atomic E-state index is -0.235. The number of nitrogens with two attached hydrogens (primary N) is 1. The van der Waals surface area contributed by atoms with Gasteiger partial charge in [-0.15, -0.1) is 10.2 Å². The van der Waals surface area contributed by atoms with Crippen molar-refractivity contribution in [2.45, 2.75) is 31.2 Å². The Kier molecular flexibility index (Phi) is 5.41. The molecule has 6 nitrogen and oxygen atoms in total. The molecule has 1 atom stereocenters. The molecule has 1 aromatic rings. The number of amides is 1. The molecule has 19 heavy (non-hydrogen) atoms. The number of nitrogens with zero attached hydrogens (tertiary/aromatic N) is 4. The third-order valence-electron chi connectivity index (χ3n) is 2.65. The van der Waals surface area contributed by atoms with Crippen molar-refractivity contribution in [3.63, 3.8) is 0 Å². The van der Waals surface area contributed by atoms with E-state index in [9.17, 15) is 4.79 Å². The second kappa shape index (κ2) is 6.60. The number of aromatic nitrogens is 3. The Balaban J connectivity index is 2.71. The first-order chi connectivity index (χ1) is 8.86. The Morgan fingerprint density at radius 2 is 2.21 bits per heavy atom. The minimum Gasteiger partial charge on any atom is -0.368 e. The van der Waals surface area contributed by atoms with Crippen LogP contribution < -0.4 is 5.73 Å². The number of hydrogen-bond acceptors (Lipinski definition) is 5. The molecule has 1 heterocycles. The van der Waals surface area contributed by atoms with Gasteiger partial charge in [0.1, 0.15) is 0 Å². The Bertz CT molecular complexity index is 471. The number of likely N-dealkylation sites (N-methyl/N-ethyl adjacent to an activating group) is 1. The standard InChI is InChI=1S/C12H21N5OS/c1-6-17(7-8(2)3)10(18)9(4)19-12-15-14-11(13)16(12)5/h9H,2,6-7H2,1,3-5H3,(H2,13,14)/t9-/m0/s1. The van der Waals surface area contributed by atoms with E-state index in [2.05, 4.69) is 16.8 Å². The number of carbonyl (C=O) groups excluding carboxylic acids is 1. The van der Waals surface area contributed by atoms with Gasteiger partial charge in [-0.25, -0.2) is 0 Å². The van der Waals surface area contributed by atoms with E-state index in [0.717, 1.165) is 5.57 Å². The second-order valence-corrected chi connectivity index (χ2v) is 5.78. The van der Waals surface area contributed by atoms with Gasteiger partial charge in [-0.2, -0.15) is 0 Å². The Morgan fingerprint density at radius 3 is 2.63 bits per heavy atom. The predicted molar refractivity (Wildman–Crippen MR) is 77.8 cm³/mol. The molecule has 0 saturated heterocycles. The van der Waals surface area contributed by atoms with Gasteiger partial charge in [-0.05, 0) is 20.8 Å². The molecule has 0 aliphatic carbocycles. The van der Waals surface area contributed by atoms with E-state index in [1.165, 1.54) is 11.8 Å². The van der Waals surface area contributed by atoms with Gasteiger partial charge in [0.25, 0.3) is 0 Å². The summed E-state index contributed by atoms with van der Waals surface area (Å²) in [5, 5.41) is 8.13. The molecule has 0 bridgehead atoms. The quantitative estimate of drug-likeness (QED) is 0.629. The van der Waals surface area contributed by atoms with Crippen LogP contribution in [0.1, 0.15) is 20.8 Å². The Hall–Kier alpha value is -1.50. The summed E-state index contributed by atoms with van der Waals surface area (Å²) in [6.45, 7) is 10.8. The second-order valence-electron chi connectivity index (χ2n) is 4.47. The van der Waals surface area contributed by atoms with Crippen LogP contribution in [0.4, 0.5) is 5.95 Å². The lowest BCUT2D eigenvalue weighted by Crippen LogP contribution is -2.37. The summed E-state index contributed by atoms with van der Waals surface area (Å²) in [5.41, 5.74) is 6.58. The van der Waals surface area contributed by atoms with Crippen LogP contribution in [0.15, 0.2) is 17.3 Å². The molecule has 0 aromatic carbocycles. The fourth-order valence-electron chi connectivity index (χ4n) is 1.57. The first-order valence-corrected chi connectivity index (χ1v) is 6.99. The summed E-state index contributed by atoms with van der Waals surface area (Å²) < 4.78 is 1.67. The molecule has 2 N–H and O–H groups in total. The third-order valence-corrected chi connectivity index (χ3v) is 3.77. The van der Waals surface area contributed by atoms with Crippen molar-refractivity contribution in [3.05, 3.63) is 12.2 Å². The number of anilines is 1. The summed E-state index contributed by atoms with van der Waals surface area (Å²) in [6.07, 6.45) is 0. The van der Waals surface area contributed by atoms with E-state index in [-0.39, 0.29) is 11.2 Å². The van der Waals surface area contributed by atoms with Crippen molar-refractivity contribution in [2.24, 2.45) is 7.05 Å². The largest absolute Gasteiger partial charge is 0.368 e. The van der Waals surface area contributed by atoms with E-state index >= 15 is 0 Å². The zero-order chi connectivity index (χ0) is 14.6. The van der Waals surface area contributed by atoms with Crippen LogP contribution in [-0.2, 0) is 11.8 Å². The Labute approximate surface area is 118 Å². The van der Waals surface area contributed by atoms with Crippen LogP contribution in [0.5, 0.6) is 0 Å². The summed E-state index contributed by atoms with van der Waals surface area (Å²) in [6, 6.07) is 0. The van der Waals surface area contributed by atoms with Crippen molar-refractivity contribution < 1.29 is 4.79 Å². The normalized spacial score (nSPS) is 12.2. The molecule has 7 heteroatoms. The number of carbonyl (C=O) groups is 1. The fraction of sp³-hybridized carbons (Fsp3) is 0.583. The maximum atomic E-state index is 12.3. The van der Waals surface area contributed by atoms with Crippen LogP contribution in [0.2, 0.25) is 0 Å². The van der Waals surface area contributed by atoms with E-state index in [1.54, 1.807) is 16.5 Å². The van der Waals surface area contributed by atoms with Crippen molar-refractivity contribution in [1.82, 2.24) is 19.7 Å². The monoisotopic (exact) mass is 283 g/mol. The van der Waals surface area contributed by atoms with Crippen LogP contribution in [-0.4, -0.2) is 43.9 Å². The SMILES string of the molecule is C=C(C)CN(CC)C(=O)[C@H](C)Sc1nnc(N)n1C. The molecule has 0 radical (unpaired) electrons. The van der Waals surface area contributed by atoms with Crippen molar-refractivity contribution >= 4 is 23.6 Å². The van der Waals surface area contributed by atoms with Gasteiger partial charge in [0, 0.05) is 20.1 Å². The highest BCUT2D eigenvalue weighted by Crippen LogP contribution is 2.23. The van der Waals surface area contributed by atoms with Crippen LogP contribution >= 0.6 is 11.8 Å². The molecule has 0 aliphatic heterocycles. The van der Waals surface area contributed by atoms with Gasteiger partial charge in [0.15, 0.2) is 5.16 Å². The first kappa shape index (κ1) is 15.6. The van der Waals surface area contributed by atoms with Crippen LogP contribution in [0, 0.1) is 0 Å². The zero-order valence-electron chi connectivity index (χ0n) is 11.9. The number of nitrogen functional groups attached to an aromatic ring is 1. The lowest BCUT2D eigenvalue weighted by Gasteiger charge is -2.24. The highest BCUT2D eigenvalue weighted by Gasteiger charge is 2.22. The van der Waals surface area contributed by atoms with Gasteiger partial charge in [0.2, 0.25) is 11.9 Å². The van der Waals surface area contributed by atoms with Gasteiger partial charge >= 0.3 is 0 Å². The van der Waals surface area contributed by atoms with Crippen molar-refractivity contribution in [2.75, 3.05) is 18.8 Å². The lowest BCUT2D eigenvalue weighted by atomic mass is 10.3. The summed E-state index contributed by atoms with van der Waals surface area (Å²) in [5.74, 6) is 0.411. The number of hydrogen-bond donors (Lipinski definition) is 1. The third kappa shape index (κ3) is 3.99. The van der Waals surface area contributed by atoms with Crippen molar-refractivity contribution in [1.29, 1.82) is 0 Å². The first-order valence-electron chi connectivity index (χ1n) is 6.11. The lowest BCUT2D eigenvalue weighted by molar-refractivity contribution is -0.129. The number of rotatable bonds is 6. The summed E-state index contributed by atoms with van der Waals surface area (Å²) >= 11 is 1.36. The van der Waals surface area contributed by atoms with Gasteiger partial charge < -0.3 is 10.6 Å². The minimum absolute atomic E-state index is 0.0667. The van der Waals surface area contributed by atoms with Crippen LogP contribution in [0.3, 0.4) is 0 Å². The van der Waals surface area contributed by atoms with Gasteiger partial charge in [-0.1, -0.05) is 23.9 Å². The molecule has 0 fully saturated rings. The molecular weight excluding hydrogens is 262 g/mol. The van der Waals surface area contributed by atoms with E-state index in [0.29, 0.717) is 24.2 Å². The molecule has 1 amide bonds. The number of thioether (sulfide) groups is 1. The summed E-state index contributed by atoms with van der Waals surface area (Å²) in [7, 11) is 1.78. The molecule has 0 saturated carbocycles. The molecule has 106 valence electrons. The maximum Gasteiger partial charge on any atom is 0.236 e. The molecule has 0 aliphatic rings. The Morgan fingerprint density at radius 1 is 1.58 bits per heavy atom. The molecule has 0 unspecified atom stereocenters. The van der Waals surface area contributed by atoms with E-state index in [4.69, 9.17) is 5.73 Å². The average molecular weight is 283 g/mol. The molecular formula is C12H21N5OS. The van der Waals surface area contributed by atoms with E-state index < -0.39 is 0 Å². The molecule has 1 rings (SSSR count). The zero-order valence-corrected chi connectivity index (χ0v) is 12.7. The highest BCUT2D eigenvalue weighted by atomic mass is 32.2. The highest BCUT2D eigenvalue weighted by molar-refractivity contribution is 8.00. The van der Waals surface area contributed by atoms with Crippen LogP contribution in [0.25, 0.3) is 0 Å². The maximum absolute atomic E-state index is 12.3. The molecule has 0 spiro atoms. The average Bonchev–Trinajstić information content (AvgIpc) is 2.66. The summed E-state index contributed by atoms with van der Waals surface area (Å²) in [4.78, 5) is 14.1. The topological polar surface area (TPSA) is 77.0 Å².